The lowest BCUT2D eigenvalue weighted by Gasteiger charge is -2.42. The van der Waals surface area contributed by atoms with Crippen molar-refractivity contribution in [1.29, 1.82) is 0 Å². The van der Waals surface area contributed by atoms with Crippen LogP contribution in [0.2, 0.25) is 0 Å². The second-order valence-electron chi connectivity index (χ2n) is 8.28. The molecule has 0 radical (unpaired) electrons. The third kappa shape index (κ3) is 5.07. The molecule has 3 aromatic carbocycles. The molecule has 0 spiro atoms. The molecule has 1 saturated heterocycles. The molecule has 1 aliphatic rings. The van der Waals surface area contributed by atoms with Crippen LogP contribution in [-0.4, -0.2) is 22.9 Å². The SMILES string of the molecule is C[C@@H]1CC(=Cc2ccccc2)C[C@H](Cc2ccccc2)N1C(=O)Cc1ccccc1. The van der Waals surface area contributed by atoms with Gasteiger partial charge in [-0.1, -0.05) is 103 Å². The van der Waals surface area contributed by atoms with Crippen LogP contribution in [0.15, 0.2) is 96.6 Å². The van der Waals surface area contributed by atoms with E-state index in [4.69, 9.17) is 0 Å². The van der Waals surface area contributed by atoms with E-state index in [1.807, 2.05) is 42.5 Å². The summed E-state index contributed by atoms with van der Waals surface area (Å²) in [6, 6.07) is 31.5. The van der Waals surface area contributed by atoms with Crippen LogP contribution in [-0.2, 0) is 17.6 Å². The van der Waals surface area contributed by atoms with E-state index in [1.165, 1.54) is 16.7 Å². The molecular weight excluding hydrogens is 366 g/mol. The first-order chi connectivity index (χ1) is 14.7. The number of benzene rings is 3. The average molecular weight is 396 g/mol. The zero-order chi connectivity index (χ0) is 20.8. The molecule has 2 nitrogen and oxygen atoms in total. The van der Waals surface area contributed by atoms with Crippen LogP contribution in [0.4, 0.5) is 0 Å². The molecule has 3 aromatic rings. The minimum Gasteiger partial charge on any atom is -0.336 e. The normalized spacial score (nSPS) is 20.3. The highest BCUT2D eigenvalue weighted by atomic mass is 16.2. The quantitative estimate of drug-likeness (QED) is 0.524. The fourth-order valence-electron chi connectivity index (χ4n) is 4.59. The van der Waals surface area contributed by atoms with Crippen molar-refractivity contribution in [2.24, 2.45) is 0 Å². The molecular formula is C28H29NO. The van der Waals surface area contributed by atoms with Crippen LogP contribution in [0.5, 0.6) is 0 Å². The number of hydrogen-bond acceptors (Lipinski definition) is 1. The van der Waals surface area contributed by atoms with E-state index >= 15 is 0 Å². The Morgan fingerprint density at radius 3 is 2.03 bits per heavy atom. The largest absolute Gasteiger partial charge is 0.336 e. The van der Waals surface area contributed by atoms with Crippen LogP contribution in [0, 0.1) is 0 Å². The van der Waals surface area contributed by atoms with Gasteiger partial charge >= 0.3 is 0 Å². The average Bonchev–Trinajstić information content (AvgIpc) is 2.75. The molecule has 1 heterocycles. The maximum absolute atomic E-state index is 13.3. The molecule has 2 heteroatoms. The lowest BCUT2D eigenvalue weighted by molar-refractivity contribution is -0.136. The number of amides is 1. The maximum atomic E-state index is 13.3. The van der Waals surface area contributed by atoms with Crippen molar-refractivity contribution in [2.45, 2.75) is 44.7 Å². The van der Waals surface area contributed by atoms with Gasteiger partial charge in [-0.2, -0.15) is 0 Å². The molecule has 1 amide bonds. The van der Waals surface area contributed by atoms with Crippen LogP contribution in [0.1, 0.15) is 36.5 Å². The standard InChI is InChI=1S/C28H29NO/c1-22-17-26(18-23-11-5-2-6-12-23)20-27(19-24-13-7-3-8-14-24)29(22)28(30)21-25-15-9-4-10-16-25/h2-16,18,22,27H,17,19-21H2,1H3/t22-,27+/m1/s1. The van der Waals surface area contributed by atoms with Crippen LogP contribution in [0.25, 0.3) is 6.08 Å². The van der Waals surface area contributed by atoms with Gasteiger partial charge < -0.3 is 4.90 Å². The Labute approximate surface area is 179 Å². The summed E-state index contributed by atoms with van der Waals surface area (Å²) in [6.45, 7) is 2.19. The van der Waals surface area contributed by atoms with Gasteiger partial charge in [0.05, 0.1) is 6.42 Å². The van der Waals surface area contributed by atoms with Gasteiger partial charge in [-0.25, -0.2) is 0 Å². The minimum absolute atomic E-state index is 0.183. The van der Waals surface area contributed by atoms with Gasteiger partial charge in [0.2, 0.25) is 5.91 Å². The van der Waals surface area contributed by atoms with Gasteiger partial charge in [0, 0.05) is 12.1 Å². The molecule has 0 aromatic heterocycles. The highest BCUT2D eigenvalue weighted by molar-refractivity contribution is 5.80. The number of piperidine rings is 1. The van der Waals surface area contributed by atoms with E-state index in [0.29, 0.717) is 6.42 Å². The lowest BCUT2D eigenvalue weighted by atomic mass is 9.86. The van der Waals surface area contributed by atoms with Crippen molar-refractivity contribution < 1.29 is 4.79 Å². The molecule has 2 atom stereocenters. The predicted molar refractivity (Wildman–Crippen MR) is 124 cm³/mol. The summed E-state index contributed by atoms with van der Waals surface area (Å²) in [6.07, 6.45) is 5.52. The van der Waals surface area contributed by atoms with Crippen molar-refractivity contribution in [3.8, 4) is 0 Å². The summed E-state index contributed by atoms with van der Waals surface area (Å²) >= 11 is 0. The minimum atomic E-state index is 0.183. The predicted octanol–water partition coefficient (Wildman–Crippen LogP) is 5.93. The highest BCUT2D eigenvalue weighted by Crippen LogP contribution is 2.31. The summed E-state index contributed by atoms with van der Waals surface area (Å²) < 4.78 is 0. The van der Waals surface area contributed by atoms with Gasteiger partial charge in [0.15, 0.2) is 0 Å². The number of carbonyl (C=O) groups is 1. The Bertz CT molecular complexity index is 979. The summed E-state index contributed by atoms with van der Waals surface area (Å²) in [5.41, 5.74) is 5.03. The van der Waals surface area contributed by atoms with E-state index in [1.54, 1.807) is 0 Å². The van der Waals surface area contributed by atoms with Crippen molar-refractivity contribution in [1.82, 2.24) is 4.90 Å². The number of likely N-dealkylation sites (tertiary alicyclic amines) is 1. The van der Waals surface area contributed by atoms with E-state index < -0.39 is 0 Å². The number of carbonyl (C=O) groups excluding carboxylic acids is 1. The van der Waals surface area contributed by atoms with E-state index in [2.05, 4.69) is 66.4 Å². The topological polar surface area (TPSA) is 20.3 Å². The molecule has 1 fully saturated rings. The monoisotopic (exact) mass is 395 g/mol. The van der Waals surface area contributed by atoms with Gasteiger partial charge in [-0.15, -0.1) is 0 Å². The van der Waals surface area contributed by atoms with E-state index in [9.17, 15) is 4.79 Å². The van der Waals surface area contributed by atoms with Crippen LogP contribution >= 0.6 is 0 Å². The van der Waals surface area contributed by atoms with Crippen molar-refractivity contribution in [2.75, 3.05) is 0 Å². The fourth-order valence-corrected chi connectivity index (χ4v) is 4.59. The molecule has 0 aliphatic carbocycles. The third-order valence-corrected chi connectivity index (χ3v) is 5.89. The first-order valence-electron chi connectivity index (χ1n) is 10.8. The number of nitrogens with zero attached hydrogens (tertiary/aromatic N) is 1. The summed E-state index contributed by atoms with van der Waals surface area (Å²) in [7, 11) is 0. The number of rotatable bonds is 5. The van der Waals surface area contributed by atoms with Crippen LogP contribution in [0.3, 0.4) is 0 Å². The van der Waals surface area contributed by atoms with Gasteiger partial charge in [-0.05, 0) is 42.9 Å². The Hall–Kier alpha value is -3.13. The Balaban J connectivity index is 1.59. The summed E-state index contributed by atoms with van der Waals surface area (Å²) in [4.78, 5) is 15.5. The second-order valence-corrected chi connectivity index (χ2v) is 8.28. The zero-order valence-electron chi connectivity index (χ0n) is 17.6. The molecule has 30 heavy (non-hydrogen) atoms. The zero-order valence-corrected chi connectivity index (χ0v) is 17.6. The molecule has 152 valence electrons. The molecule has 0 N–H and O–H groups in total. The Morgan fingerprint density at radius 1 is 0.833 bits per heavy atom. The van der Waals surface area contributed by atoms with Gasteiger partial charge in [0.1, 0.15) is 0 Å². The molecule has 0 saturated carbocycles. The smallest absolute Gasteiger partial charge is 0.227 e. The Morgan fingerprint density at radius 2 is 1.40 bits per heavy atom. The van der Waals surface area contributed by atoms with E-state index in [0.717, 1.165) is 24.8 Å². The first kappa shape index (κ1) is 20.2. The molecule has 0 unspecified atom stereocenters. The molecule has 0 bridgehead atoms. The number of hydrogen-bond donors (Lipinski definition) is 0. The lowest BCUT2D eigenvalue weighted by Crippen LogP contribution is -2.51. The van der Waals surface area contributed by atoms with Crippen molar-refractivity contribution >= 4 is 12.0 Å². The van der Waals surface area contributed by atoms with Crippen LogP contribution < -0.4 is 0 Å². The molecule has 4 rings (SSSR count). The molecule has 1 aliphatic heterocycles. The van der Waals surface area contributed by atoms with E-state index in [-0.39, 0.29) is 18.0 Å². The first-order valence-corrected chi connectivity index (χ1v) is 10.8. The highest BCUT2D eigenvalue weighted by Gasteiger charge is 2.33. The third-order valence-electron chi connectivity index (χ3n) is 5.89. The fraction of sp³-hybridized carbons (Fsp3) is 0.250. The van der Waals surface area contributed by atoms with Crippen molar-refractivity contribution in [3.05, 3.63) is 113 Å². The van der Waals surface area contributed by atoms with Crippen molar-refractivity contribution in [3.63, 3.8) is 0 Å². The second kappa shape index (κ2) is 9.58. The summed E-state index contributed by atoms with van der Waals surface area (Å²) in [5, 5.41) is 0. The van der Waals surface area contributed by atoms with Gasteiger partial charge in [-0.3, -0.25) is 4.79 Å². The van der Waals surface area contributed by atoms with Gasteiger partial charge in [0.25, 0.3) is 0 Å². The maximum Gasteiger partial charge on any atom is 0.227 e. The Kier molecular flexibility index (Phi) is 6.44. The summed E-state index contributed by atoms with van der Waals surface area (Å²) in [5.74, 6) is 0.230.